The van der Waals surface area contributed by atoms with Gasteiger partial charge in [0, 0.05) is 19.2 Å². The Morgan fingerprint density at radius 2 is 2.18 bits per heavy atom. The number of rotatable bonds is 3. The van der Waals surface area contributed by atoms with E-state index in [1.54, 1.807) is 0 Å². The summed E-state index contributed by atoms with van der Waals surface area (Å²) >= 11 is 11.9. The highest BCUT2D eigenvalue weighted by molar-refractivity contribution is 6.42. The van der Waals surface area contributed by atoms with Gasteiger partial charge in [-0.25, -0.2) is 0 Å². The van der Waals surface area contributed by atoms with Gasteiger partial charge in [0.05, 0.1) is 16.1 Å². The van der Waals surface area contributed by atoms with Crippen LogP contribution in [0.3, 0.4) is 0 Å². The summed E-state index contributed by atoms with van der Waals surface area (Å²) in [5.74, 6) is 0. The summed E-state index contributed by atoms with van der Waals surface area (Å²) in [6.07, 6.45) is 2.50. The van der Waals surface area contributed by atoms with Crippen LogP contribution in [0.5, 0.6) is 0 Å². The molecule has 0 spiro atoms. The second-order valence-electron chi connectivity index (χ2n) is 4.53. The largest absolute Gasteiger partial charge is 0.378 e. The summed E-state index contributed by atoms with van der Waals surface area (Å²) < 4.78 is 5.52. The predicted octanol–water partition coefficient (Wildman–Crippen LogP) is 3.65. The molecule has 0 aliphatic carbocycles. The molecular formula is C13H17Cl2NO. The van der Waals surface area contributed by atoms with Crippen LogP contribution >= 0.6 is 23.2 Å². The molecule has 2 nitrogen and oxygen atoms in total. The highest BCUT2D eigenvalue weighted by Crippen LogP contribution is 2.22. The van der Waals surface area contributed by atoms with Gasteiger partial charge in [-0.1, -0.05) is 29.3 Å². The third kappa shape index (κ3) is 3.85. The minimum Gasteiger partial charge on any atom is -0.378 e. The molecule has 2 unspecified atom stereocenters. The van der Waals surface area contributed by atoms with Gasteiger partial charge in [0.2, 0.25) is 0 Å². The van der Waals surface area contributed by atoms with E-state index in [0.29, 0.717) is 22.2 Å². The summed E-state index contributed by atoms with van der Waals surface area (Å²) in [6.45, 7) is 3.79. The Morgan fingerprint density at radius 3 is 2.88 bits per heavy atom. The number of nitrogens with one attached hydrogen (secondary N) is 1. The highest BCUT2D eigenvalue weighted by atomic mass is 35.5. The lowest BCUT2D eigenvalue weighted by Crippen LogP contribution is -2.37. The van der Waals surface area contributed by atoms with Crippen molar-refractivity contribution in [2.45, 2.75) is 38.5 Å². The van der Waals surface area contributed by atoms with Crippen LogP contribution in [-0.2, 0) is 11.3 Å². The van der Waals surface area contributed by atoms with Gasteiger partial charge in [0.25, 0.3) is 0 Å². The molecule has 1 fully saturated rings. The average molecular weight is 274 g/mol. The van der Waals surface area contributed by atoms with Gasteiger partial charge in [0.15, 0.2) is 0 Å². The molecule has 1 heterocycles. The Morgan fingerprint density at radius 1 is 1.35 bits per heavy atom. The van der Waals surface area contributed by atoms with E-state index in [-0.39, 0.29) is 0 Å². The van der Waals surface area contributed by atoms with Crippen molar-refractivity contribution in [1.82, 2.24) is 5.32 Å². The molecule has 1 aliphatic heterocycles. The number of hydrogen-bond donors (Lipinski definition) is 1. The van der Waals surface area contributed by atoms with Crippen molar-refractivity contribution in [1.29, 1.82) is 0 Å². The zero-order valence-corrected chi connectivity index (χ0v) is 11.4. The van der Waals surface area contributed by atoms with Crippen molar-refractivity contribution < 1.29 is 4.74 Å². The molecule has 0 aromatic heterocycles. The lowest BCUT2D eigenvalue weighted by atomic mass is 10.0. The van der Waals surface area contributed by atoms with Crippen LogP contribution in [-0.4, -0.2) is 18.8 Å². The molecule has 0 amide bonds. The summed E-state index contributed by atoms with van der Waals surface area (Å²) in [5, 5.41) is 4.76. The van der Waals surface area contributed by atoms with Crippen LogP contribution in [0.2, 0.25) is 10.0 Å². The van der Waals surface area contributed by atoms with Crippen LogP contribution < -0.4 is 5.32 Å². The monoisotopic (exact) mass is 273 g/mol. The molecule has 17 heavy (non-hydrogen) atoms. The number of benzene rings is 1. The van der Waals surface area contributed by atoms with Crippen LogP contribution in [0.15, 0.2) is 18.2 Å². The van der Waals surface area contributed by atoms with Gasteiger partial charge in [-0.15, -0.1) is 0 Å². The van der Waals surface area contributed by atoms with Crippen LogP contribution in [0, 0.1) is 0 Å². The molecule has 0 bridgehead atoms. The standard InChI is InChI=1S/C13H17Cl2NO/c1-9-6-11(4-5-17-9)16-8-10-2-3-12(14)13(15)7-10/h2-3,7,9,11,16H,4-6,8H2,1H3. The van der Waals surface area contributed by atoms with E-state index in [9.17, 15) is 0 Å². The first-order chi connectivity index (χ1) is 8.15. The lowest BCUT2D eigenvalue weighted by Gasteiger charge is -2.28. The maximum Gasteiger partial charge on any atom is 0.0595 e. The van der Waals surface area contributed by atoms with Crippen molar-refractivity contribution in [2.24, 2.45) is 0 Å². The van der Waals surface area contributed by atoms with Crippen LogP contribution in [0.1, 0.15) is 25.3 Å². The molecule has 0 saturated carbocycles. The fraction of sp³-hybridized carbons (Fsp3) is 0.538. The number of hydrogen-bond acceptors (Lipinski definition) is 2. The molecular weight excluding hydrogens is 257 g/mol. The molecule has 1 aromatic carbocycles. The first-order valence-electron chi connectivity index (χ1n) is 5.94. The Balaban J connectivity index is 1.86. The quantitative estimate of drug-likeness (QED) is 0.908. The highest BCUT2D eigenvalue weighted by Gasteiger charge is 2.18. The third-order valence-corrected chi connectivity index (χ3v) is 3.80. The van der Waals surface area contributed by atoms with E-state index < -0.39 is 0 Å². The first-order valence-corrected chi connectivity index (χ1v) is 6.69. The first kappa shape index (κ1) is 13.2. The molecule has 2 rings (SSSR count). The second-order valence-corrected chi connectivity index (χ2v) is 5.35. The SMILES string of the molecule is CC1CC(NCc2ccc(Cl)c(Cl)c2)CCO1. The maximum absolute atomic E-state index is 5.98. The molecule has 1 aliphatic rings. The minimum absolute atomic E-state index is 0.357. The van der Waals surface area contributed by atoms with E-state index in [1.807, 2.05) is 18.2 Å². The molecule has 4 heteroatoms. The van der Waals surface area contributed by atoms with Gasteiger partial charge in [-0.05, 0) is 37.5 Å². The summed E-state index contributed by atoms with van der Waals surface area (Å²) in [7, 11) is 0. The van der Waals surface area contributed by atoms with Crippen molar-refractivity contribution >= 4 is 23.2 Å². The molecule has 0 radical (unpaired) electrons. The Labute approximate surface area is 112 Å². The number of ether oxygens (including phenoxy) is 1. The van der Waals surface area contributed by atoms with E-state index in [0.717, 1.165) is 26.0 Å². The molecule has 1 aromatic rings. The summed E-state index contributed by atoms with van der Waals surface area (Å²) in [6, 6.07) is 6.30. The minimum atomic E-state index is 0.357. The zero-order chi connectivity index (χ0) is 12.3. The second kappa shape index (κ2) is 6.05. The topological polar surface area (TPSA) is 21.3 Å². The number of halogens is 2. The average Bonchev–Trinajstić information content (AvgIpc) is 2.31. The zero-order valence-electron chi connectivity index (χ0n) is 9.88. The summed E-state index contributed by atoms with van der Waals surface area (Å²) in [5.41, 5.74) is 1.17. The predicted molar refractivity (Wildman–Crippen MR) is 71.7 cm³/mol. The van der Waals surface area contributed by atoms with Crippen molar-refractivity contribution in [3.8, 4) is 0 Å². The van der Waals surface area contributed by atoms with Gasteiger partial charge < -0.3 is 10.1 Å². The fourth-order valence-electron chi connectivity index (χ4n) is 2.10. The summed E-state index contributed by atoms with van der Waals surface area (Å²) in [4.78, 5) is 0. The lowest BCUT2D eigenvalue weighted by molar-refractivity contribution is 0.0130. The molecule has 1 N–H and O–H groups in total. The van der Waals surface area contributed by atoms with E-state index in [1.165, 1.54) is 5.56 Å². The molecule has 94 valence electrons. The van der Waals surface area contributed by atoms with Gasteiger partial charge in [-0.2, -0.15) is 0 Å². The third-order valence-electron chi connectivity index (χ3n) is 3.06. The Kier molecular flexibility index (Phi) is 4.69. The van der Waals surface area contributed by atoms with Crippen LogP contribution in [0.25, 0.3) is 0 Å². The van der Waals surface area contributed by atoms with Gasteiger partial charge in [-0.3, -0.25) is 0 Å². The smallest absolute Gasteiger partial charge is 0.0595 e. The van der Waals surface area contributed by atoms with Crippen LogP contribution in [0.4, 0.5) is 0 Å². The van der Waals surface area contributed by atoms with E-state index in [4.69, 9.17) is 27.9 Å². The van der Waals surface area contributed by atoms with E-state index >= 15 is 0 Å². The molecule has 1 saturated heterocycles. The van der Waals surface area contributed by atoms with Gasteiger partial charge in [0.1, 0.15) is 0 Å². The fourth-order valence-corrected chi connectivity index (χ4v) is 2.42. The van der Waals surface area contributed by atoms with Gasteiger partial charge >= 0.3 is 0 Å². The van der Waals surface area contributed by atoms with Crippen molar-refractivity contribution in [2.75, 3.05) is 6.61 Å². The molecule has 2 atom stereocenters. The van der Waals surface area contributed by atoms with Crippen molar-refractivity contribution in [3.05, 3.63) is 33.8 Å². The Bertz CT molecular complexity index is 384. The van der Waals surface area contributed by atoms with Crippen molar-refractivity contribution in [3.63, 3.8) is 0 Å². The Hall–Kier alpha value is -0.280. The van der Waals surface area contributed by atoms with E-state index in [2.05, 4.69) is 12.2 Å². The normalized spacial score (nSPS) is 24.9. The maximum atomic E-state index is 5.98.